The van der Waals surface area contributed by atoms with Crippen molar-refractivity contribution in [3.63, 3.8) is 0 Å². The van der Waals surface area contributed by atoms with Gasteiger partial charge in [0.05, 0.1) is 32.2 Å². The molecule has 0 heterocycles. The molecule has 2 aliphatic rings. The first kappa shape index (κ1) is 30.4. The third-order valence-corrected chi connectivity index (χ3v) is 9.69. The Kier molecular flexibility index (Phi) is 10.1. The fourth-order valence-electron chi connectivity index (χ4n) is 6.24. The van der Waals surface area contributed by atoms with Gasteiger partial charge in [-0.2, -0.15) is 0 Å². The predicted molar refractivity (Wildman–Crippen MR) is 172 cm³/mol. The third kappa shape index (κ3) is 6.63. The zero-order chi connectivity index (χ0) is 29.6. The smallest absolute Gasteiger partial charge is 0.207 e. The van der Waals surface area contributed by atoms with E-state index in [1.165, 1.54) is 33.4 Å². The molecule has 2 aliphatic carbocycles. The molecule has 216 valence electrons. The lowest BCUT2D eigenvalue weighted by molar-refractivity contribution is -0.111. The molecular formula is C34H30Cl4N2O2. The fraction of sp³-hybridized carbons (Fsp3) is 0.235. The van der Waals surface area contributed by atoms with Crippen molar-refractivity contribution in [1.29, 1.82) is 0 Å². The van der Waals surface area contributed by atoms with Crippen molar-refractivity contribution in [2.45, 2.75) is 49.6 Å². The minimum absolute atomic E-state index is 0.0951. The number of nitrogens with one attached hydrogen (secondary N) is 2. The lowest BCUT2D eigenvalue weighted by atomic mass is 9.77. The van der Waals surface area contributed by atoms with Crippen molar-refractivity contribution >= 4 is 59.2 Å². The Morgan fingerprint density at radius 3 is 1.24 bits per heavy atom. The second-order valence-corrected chi connectivity index (χ2v) is 12.2. The summed E-state index contributed by atoms with van der Waals surface area (Å²) < 4.78 is 0. The van der Waals surface area contributed by atoms with Gasteiger partial charge in [0, 0.05) is 11.8 Å². The molecule has 0 spiro atoms. The summed E-state index contributed by atoms with van der Waals surface area (Å²) in [5, 5.41) is 8.13. The summed E-state index contributed by atoms with van der Waals surface area (Å²) in [5.41, 5.74) is 7.21. The first-order valence-corrected chi connectivity index (χ1v) is 15.4. The van der Waals surface area contributed by atoms with Gasteiger partial charge in [-0.05, 0) is 83.3 Å². The Balaban J connectivity index is 0.000000168. The molecule has 2 N–H and O–H groups in total. The van der Waals surface area contributed by atoms with E-state index in [0.29, 0.717) is 31.9 Å². The fourth-order valence-corrected chi connectivity index (χ4v) is 6.85. The summed E-state index contributed by atoms with van der Waals surface area (Å²) in [4.78, 5) is 21.5. The zero-order valence-electron chi connectivity index (χ0n) is 22.7. The van der Waals surface area contributed by atoms with Crippen LogP contribution < -0.4 is 10.6 Å². The molecule has 0 fully saturated rings. The van der Waals surface area contributed by atoms with E-state index < -0.39 is 0 Å². The largest absolute Gasteiger partial charge is 0.352 e. The predicted octanol–water partition coefficient (Wildman–Crippen LogP) is 9.41. The summed E-state index contributed by atoms with van der Waals surface area (Å²) in [6.45, 7) is 0. The van der Waals surface area contributed by atoms with Crippen LogP contribution in [0.15, 0.2) is 84.9 Å². The number of halogens is 4. The van der Waals surface area contributed by atoms with Crippen LogP contribution in [0, 0.1) is 0 Å². The highest BCUT2D eigenvalue weighted by Gasteiger charge is 2.29. The Morgan fingerprint density at radius 1 is 0.500 bits per heavy atom. The van der Waals surface area contributed by atoms with Crippen molar-refractivity contribution in [2.75, 3.05) is 0 Å². The monoisotopic (exact) mass is 638 g/mol. The second-order valence-electron chi connectivity index (χ2n) is 10.5. The van der Waals surface area contributed by atoms with E-state index in [-0.39, 0.29) is 12.1 Å². The van der Waals surface area contributed by atoms with Gasteiger partial charge in [-0.25, -0.2) is 0 Å². The highest BCUT2D eigenvalue weighted by Crippen LogP contribution is 2.43. The quantitative estimate of drug-likeness (QED) is 0.207. The molecule has 0 unspecified atom stereocenters. The first-order valence-electron chi connectivity index (χ1n) is 13.9. The van der Waals surface area contributed by atoms with E-state index in [4.69, 9.17) is 46.4 Å². The van der Waals surface area contributed by atoms with Crippen LogP contribution in [0.5, 0.6) is 0 Å². The molecule has 4 nitrogen and oxygen atoms in total. The summed E-state index contributed by atoms with van der Waals surface area (Å²) in [6.07, 6.45) is 5.34. The molecule has 4 aromatic carbocycles. The standard InChI is InChI=1S/2C17H15Cl2NO/c2*18-15-7-5-11(9-16(15)19)12-6-8-17(20-10-21)14-4-2-1-3-13(12)14/h2*1-5,7,9-10,12,17H,6,8H2,(H,20,21)/t2*12-,17+/m00/s1. The Bertz CT molecular complexity index is 1460. The van der Waals surface area contributed by atoms with Crippen molar-refractivity contribution in [3.8, 4) is 0 Å². The third-order valence-electron chi connectivity index (χ3n) is 8.21. The maximum absolute atomic E-state index is 10.8. The number of carbonyl (C=O) groups is 2. The average molecular weight is 640 g/mol. The van der Waals surface area contributed by atoms with Crippen LogP contribution in [-0.2, 0) is 9.59 Å². The minimum Gasteiger partial charge on any atom is -0.352 e. The van der Waals surface area contributed by atoms with Gasteiger partial charge >= 0.3 is 0 Å². The average Bonchev–Trinajstić information content (AvgIpc) is 3.01. The minimum atomic E-state index is 0.0951. The first-order chi connectivity index (χ1) is 20.4. The number of carbonyl (C=O) groups excluding carboxylic acids is 2. The normalized spacial score (nSPS) is 20.7. The number of rotatable bonds is 6. The molecule has 4 aromatic rings. The number of hydrogen-bond acceptors (Lipinski definition) is 2. The van der Waals surface area contributed by atoms with E-state index in [1.807, 2.05) is 60.7 Å². The lowest BCUT2D eigenvalue weighted by Crippen LogP contribution is -2.26. The Labute approximate surface area is 266 Å². The number of benzene rings is 4. The molecule has 8 heteroatoms. The van der Waals surface area contributed by atoms with Crippen LogP contribution in [0.25, 0.3) is 0 Å². The molecule has 6 rings (SSSR count). The van der Waals surface area contributed by atoms with E-state index >= 15 is 0 Å². The molecule has 2 amide bonds. The van der Waals surface area contributed by atoms with Gasteiger partial charge in [0.15, 0.2) is 0 Å². The summed E-state index contributed by atoms with van der Waals surface area (Å²) >= 11 is 24.3. The van der Waals surface area contributed by atoms with Gasteiger partial charge in [-0.3, -0.25) is 9.59 Å². The SMILES string of the molecule is O=CN[C@@H]1CC[C@@H](c2ccc(Cl)c(Cl)c2)c2ccccc21.O=CN[C@@H]1CC[C@@H](c2ccc(Cl)c(Cl)c2)c2ccccc21. The van der Waals surface area contributed by atoms with Crippen molar-refractivity contribution in [1.82, 2.24) is 10.6 Å². The van der Waals surface area contributed by atoms with Gasteiger partial charge in [0.1, 0.15) is 0 Å². The highest BCUT2D eigenvalue weighted by molar-refractivity contribution is 6.42. The van der Waals surface area contributed by atoms with Crippen LogP contribution in [-0.4, -0.2) is 12.8 Å². The van der Waals surface area contributed by atoms with Gasteiger partial charge in [0.25, 0.3) is 0 Å². The van der Waals surface area contributed by atoms with Crippen LogP contribution in [0.1, 0.15) is 83.0 Å². The number of amides is 2. The molecule has 0 bridgehead atoms. The van der Waals surface area contributed by atoms with Crippen molar-refractivity contribution in [3.05, 3.63) is 138 Å². The maximum Gasteiger partial charge on any atom is 0.207 e. The van der Waals surface area contributed by atoms with Gasteiger partial charge in [0.2, 0.25) is 12.8 Å². The molecule has 0 aromatic heterocycles. The molecule has 42 heavy (non-hydrogen) atoms. The van der Waals surface area contributed by atoms with Gasteiger partial charge in [-0.15, -0.1) is 0 Å². The maximum atomic E-state index is 10.8. The molecule has 0 saturated carbocycles. The van der Waals surface area contributed by atoms with Crippen LogP contribution in [0.4, 0.5) is 0 Å². The number of fused-ring (bicyclic) bond motifs is 2. The van der Waals surface area contributed by atoms with Gasteiger partial charge < -0.3 is 10.6 Å². The topological polar surface area (TPSA) is 58.2 Å². The second kappa shape index (κ2) is 14.0. The van der Waals surface area contributed by atoms with E-state index in [1.54, 1.807) is 0 Å². The van der Waals surface area contributed by atoms with Crippen LogP contribution in [0.3, 0.4) is 0 Å². The summed E-state index contributed by atoms with van der Waals surface area (Å²) in [6, 6.07) is 28.3. The Morgan fingerprint density at radius 2 is 0.881 bits per heavy atom. The number of hydrogen-bond donors (Lipinski definition) is 2. The Hall–Kier alpha value is -3.02. The molecular weight excluding hydrogens is 610 g/mol. The van der Waals surface area contributed by atoms with Crippen LogP contribution in [0.2, 0.25) is 20.1 Å². The van der Waals surface area contributed by atoms with Crippen molar-refractivity contribution < 1.29 is 9.59 Å². The molecule has 0 radical (unpaired) electrons. The highest BCUT2D eigenvalue weighted by atomic mass is 35.5. The van der Waals surface area contributed by atoms with Crippen LogP contribution >= 0.6 is 46.4 Å². The zero-order valence-corrected chi connectivity index (χ0v) is 25.7. The van der Waals surface area contributed by atoms with Crippen molar-refractivity contribution in [2.24, 2.45) is 0 Å². The summed E-state index contributed by atoms with van der Waals surface area (Å²) in [7, 11) is 0. The van der Waals surface area contributed by atoms with E-state index in [9.17, 15) is 9.59 Å². The summed E-state index contributed by atoms with van der Waals surface area (Å²) in [5.74, 6) is 0.585. The molecule has 4 atom stereocenters. The van der Waals surface area contributed by atoms with Gasteiger partial charge in [-0.1, -0.05) is 107 Å². The molecule has 0 saturated heterocycles. The molecule has 0 aliphatic heterocycles. The van der Waals surface area contributed by atoms with E-state index in [2.05, 4.69) is 34.9 Å². The van der Waals surface area contributed by atoms with E-state index in [0.717, 1.165) is 38.5 Å². The lowest BCUT2D eigenvalue weighted by Gasteiger charge is -2.31.